The Morgan fingerprint density at radius 1 is 1.18 bits per heavy atom. The van der Waals surface area contributed by atoms with Gasteiger partial charge >= 0.3 is 0 Å². The molecule has 4 rings (SSSR count). The fourth-order valence-electron chi connectivity index (χ4n) is 3.73. The third-order valence-electron chi connectivity index (χ3n) is 4.83. The second-order valence-corrected chi connectivity index (χ2v) is 6.22. The van der Waals surface area contributed by atoms with Gasteiger partial charge in [-0.1, -0.05) is 0 Å². The minimum Gasteiger partial charge on any atom is -0.354 e. The molecule has 1 amide bonds. The topological polar surface area (TPSA) is 65.1 Å². The molecule has 2 aromatic heterocycles. The zero-order chi connectivity index (χ0) is 14.9. The Labute approximate surface area is 129 Å². The lowest BCUT2D eigenvalue weighted by Gasteiger charge is -2.41. The highest BCUT2D eigenvalue weighted by atomic mass is 16.2. The number of likely N-dealkylation sites (tertiary alicyclic amines) is 1. The van der Waals surface area contributed by atoms with Gasteiger partial charge in [-0.05, 0) is 31.7 Å². The van der Waals surface area contributed by atoms with Crippen LogP contribution in [0.25, 0.3) is 11.0 Å². The highest BCUT2D eigenvalue weighted by Gasteiger charge is 2.30. The second kappa shape index (κ2) is 5.59. The summed E-state index contributed by atoms with van der Waals surface area (Å²) in [6.07, 6.45) is 8.61. The summed E-state index contributed by atoms with van der Waals surface area (Å²) in [6.45, 7) is 2.79. The summed E-state index contributed by atoms with van der Waals surface area (Å²) in [5.74, 6) is 1.31. The first kappa shape index (κ1) is 13.5. The minimum absolute atomic E-state index is 0.325. The van der Waals surface area contributed by atoms with Crippen molar-refractivity contribution in [1.82, 2.24) is 19.9 Å². The number of carbonyl (C=O) groups is 1. The van der Waals surface area contributed by atoms with Crippen LogP contribution in [0.15, 0.2) is 18.6 Å². The quantitative estimate of drug-likeness (QED) is 0.920. The number of piperidine rings is 2. The summed E-state index contributed by atoms with van der Waals surface area (Å²) in [5.41, 5.74) is 0.876. The Balaban J connectivity index is 1.58. The van der Waals surface area contributed by atoms with Gasteiger partial charge in [0.2, 0.25) is 5.91 Å². The van der Waals surface area contributed by atoms with Crippen LogP contribution in [0, 0.1) is 0 Å². The highest BCUT2D eigenvalue weighted by molar-refractivity contribution is 5.87. The van der Waals surface area contributed by atoms with Crippen molar-refractivity contribution >= 4 is 22.8 Å². The molecular formula is C16H21N5O. The van der Waals surface area contributed by atoms with Gasteiger partial charge in [-0.15, -0.1) is 0 Å². The molecule has 22 heavy (non-hydrogen) atoms. The lowest BCUT2D eigenvalue weighted by molar-refractivity contribution is -0.135. The van der Waals surface area contributed by atoms with E-state index in [-0.39, 0.29) is 0 Å². The summed E-state index contributed by atoms with van der Waals surface area (Å²) in [7, 11) is 0. The fraction of sp³-hybridized carbons (Fsp3) is 0.562. The van der Waals surface area contributed by atoms with Crippen LogP contribution in [0.4, 0.5) is 5.82 Å². The SMILES string of the molecule is O=C1CCCCN1C1CCCN(c2ncnc3[nH]ccc23)C1. The molecule has 2 saturated heterocycles. The van der Waals surface area contributed by atoms with Crippen molar-refractivity contribution in [1.29, 1.82) is 0 Å². The largest absolute Gasteiger partial charge is 0.354 e. The fourth-order valence-corrected chi connectivity index (χ4v) is 3.73. The van der Waals surface area contributed by atoms with E-state index in [1.807, 2.05) is 12.3 Å². The van der Waals surface area contributed by atoms with E-state index in [9.17, 15) is 4.79 Å². The van der Waals surface area contributed by atoms with E-state index < -0.39 is 0 Å². The lowest BCUT2D eigenvalue weighted by Crippen LogP contribution is -2.52. The van der Waals surface area contributed by atoms with Gasteiger partial charge < -0.3 is 14.8 Å². The number of carbonyl (C=O) groups excluding carboxylic acids is 1. The molecule has 1 unspecified atom stereocenters. The van der Waals surface area contributed by atoms with Crippen molar-refractivity contribution in [3.8, 4) is 0 Å². The van der Waals surface area contributed by atoms with Crippen molar-refractivity contribution in [3.05, 3.63) is 18.6 Å². The predicted octanol–water partition coefficient (Wildman–Crippen LogP) is 1.94. The smallest absolute Gasteiger partial charge is 0.222 e. The van der Waals surface area contributed by atoms with E-state index in [1.54, 1.807) is 6.33 Å². The van der Waals surface area contributed by atoms with Crippen LogP contribution >= 0.6 is 0 Å². The van der Waals surface area contributed by atoms with Gasteiger partial charge in [0.1, 0.15) is 17.8 Å². The van der Waals surface area contributed by atoms with Gasteiger partial charge in [-0.25, -0.2) is 9.97 Å². The van der Waals surface area contributed by atoms with Gasteiger partial charge in [0.25, 0.3) is 0 Å². The van der Waals surface area contributed by atoms with Crippen molar-refractivity contribution in [2.45, 2.75) is 38.1 Å². The van der Waals surface area contributed by atoms with Crippen LogP contribution in [0.5, 0.6) is 0 Å². The van der Waals surface area contributed by atoms with Crippen molar-refractivity contribution in [3.63, 3.8) is 0 Å². The van der Waals surface area contributed by atoms with E-state index >= 15 is 0 Å². The van der Waals surface area contributed by atoms with Crippen LogP contribution in [0.2, 0.25) is 0 Å². The van der Waals surface area contributed by atoms with Crippen LogP contribution in [0.1, 0.15) is 32.1 Å². The van der Waals surface area contributed by atoms with Crippen LogP contribution in [-0.2, 0) is 4.79 Å². The van der Waals surface area contributed by atoms with Gasteiger partial charge in [0, 0.05) is 38.3 Å². The molecule has 0 saturated carbocycles. The third-order valence-corrected chi connectivity index (χ3v) is 4.83. The number of H-pyrrole nitrogens is 1. The lowest BCUT2D eigenvalue weighted by atomic mass is 10.00. The van der Waals surface area contributed by atoms with Gasteiger partial charge in [-0.3, -0.25) is 4.79 Å². The average molecular weight is 299 g/mol. The molecule has 1 N–H and O–H groups in total. The monoisotopic (exact) mass is 299 g/mol. The van der Waals surface area contributed by atoms with Gasteiger partial charge in [0.05, 0.1) is 5.39 Å². The molecule has 2 aromatic rings. The number of nitrogens with one attached hydrogen (secondary N) is 1. The Hall–Kier alpha value is -2.11. The Morgan fingerprint density at radius 2 is 2.14 bits per heavy atom. The van der Waals surface area contributed by atoms with E-state index in [1.165, 1.54) is 0 Å². The van der Waals surface area contributed by atoms with E-state index in [4.69, 9.17) is 0 Å². The summed E-state index contributed by atoms with van der Waals surface area (Å²) >= 11 is 0. The van der Waals surface area contributed by atoms with E-state index in [0.717, 1.165) is 62.2 Å². The molecule has 2 fully saturated rings. The first-order chi connectivity index (χ1) is 10.8. The van der Waals surface area contributed by atoms with Gasteiger partial charge in [0.15, 0.2) is 0 Å². The Kier molecular flexibility index (Phi) is 3.44. The number of rotatable bonds is 2. The average Bonchev–Trinajstić information content (AvgIpc) is 3.04. The number of aromatic amines is 1. The molecule has 0 aromatic carbocycles. The second-order valence-electron chi connectivity index (χ2n) is 6.22. The molecule has 0 radical (unpaired) electrons. The number of nitrogens with zero attached hydrogens (tertiary/aromatic N) is 4. The number of hydrogen-bond acceptors (Lipinski definition) is 4. The molecule has 2 aliphatic heterocycles. The molecule has 6 nitrogen and oxygen atoms in total. The zero-order valence-corrected chi connectivity index (χ0v) is 12.7. The standard InChI is InChI=1S/C16H21N5O/c22-14-5-1-2-9-21(14)12-4-3-8-20(10-12)16-13-6-7-17-15(13)18-11-19-16/h6-7,11-12H,1-5,8-10H2,(H,17,18,19). The molecule has 116 valence electrons. The zero-order valence-electron chi connectivity index (χ0n) is 12.7. The summed E-state index contributed by atoms with van der Waals surface area (Å²) in [5, 5.41) is 1.06. The molecule has 1 atom stereocenters. The van der Waals surface area contributed by atoms with Crippen LogP contribution in [-0.4, -0.2) is 51.4 Å². The Bertz CT molecular complexity index is 682. The Morgan fingerprint density at radius 3 is 3.05 bits per heavy atom. The van der Waals surface area contributed by atoms with Crippen LogP contribution < -0.4 is 4.90 Å². The maximum atomic E-state index is 12.2. The number of anilines is 1. The van der Waals surface area contributed by atoms with E-state index in [2.05, 4.69) is 24.8 Å². The molecule has 0 bridgehead atoms. The predicted molar refractivity (Wildman–Crippen MR) is 84.7 cm³/mol. The summed E-state index contributed by atoms with van der Waals surface area (Å²) < 4.78 is 0. The molecular weight excluding hydrogens is 278 g/mol. The number of fused-ring (bicyclic) bond motifs is 1. The molecule has 0 aliphatic carbocycles. The molecule has 4 heterocycles. The molecule has 0 spiro atoms. The minimum atomic E-state index is 0.325. The van der Waals surface area contributed by atoms with Gasteiger partial charge in [-0.2, -0.15) is 0 Å². The number of hydrogen-bond donors (Lipinski definition) is 1. The van der Waals surface area contributed by atoms with Crippen LogP contribution in [0.3, 0.4) is 0 Å². The maximum absolute atomic E-state index is 12.2. The highest BCUT2D eigenvalue weighted by Crippen LogP contribution is 2.27. The maximum Gasteiger partial charge on any atom is 0.222 e. The normalized spacial score (nSPS) is 23.3. The van der Waals surface area contributed by atoms with Crippen molar-refractivity contribution in [2.24, 2.45) is 0 Å². The summed E-state index contributed by atoms with van der Waals surface area (Å²) in [4.78, 5) is 28.5. The van der Waals surface area contributed by atoms with Crippen molar-refractivity contribution in [2.75, 3.05) is 24.5 Å². The molecule has 6 heteroatoms. The first-order valence-corrected chi connectivity index (χ1v) is 8.15. The number of amides is 1. The number of aromatic nitrogens is 3. The molecule has 2 aliphatic rings. The summed E-state index contributed by atoms with van der Waals surface area (Å²) in [6, 6.07) is 2.35. The third kappa shape index (κ3) is 2.32. The van der Waals surface area contributed by atoms with E-state index in [0.29, 0.717) is 18.4 Å². The first-order valence-electron chi connectivity index (χ1n) is 8.15. The van der Waals surface area contributed by atoms with Crippen molar-refractivity contribution < 1.29 is 4.79 Å².